The quantitative estimate of drug-likeness (QED) is 0.587. The molecule has 2 rings (SSSR count). The average Bonchev–Trinajstić information content (AvgIpc) is 2.43. The van der Waals surface area contributed by atoms with Crippen molar-refractivity contribution in [3.05, 3.63) is 59.2 Å². The van der Waals surface area contributed by atoms with Gasteiger partial charge in [-0.15, -0.1) is 0 Å². The summed E-state index contributed by atoms with van der Waals surface area (Å²) >= 11 is 0. The van der Waals surface area contributed by atoms with Crippen molar-refractivity contribution in [2.24, 2.45) is 0 Å². The van der Waals surface area contributed by atoms with Crippen LogP contribution in [-0.2, 0) is 12.8 Å². The second-order valence-corrected chi connectivity index (χ2v) is 3.91. The van der Waals surface area contributed by atoms with E-state index < -0.39 is 0 Å². The molecule has 0 atom stereocenters. The summed E-state index contributed by atoms with van der Waals surface area (Å²) in [5.74, 6) is 0. The molecule has 0 nitrogen and oxygen atoms in total. The SMILES string of the molecule is C/C1=C/C=C\Cc2ccccc2CC1.CC. The van der Waals surface area contributed by atoms with E-state index in [-0.39, 0.29) is 0 Å². The van der Waals surface area contributed by atoms with Gasteiger partial charge in [0, 0.05) is 0 Å². The standard InChI is InChI=1S/C14H16.C2H6/c1-12-6-2-3-7-13-8-4-5-9-14(13)11-10-12;1-2/h2-6,8-9H,7,10-11H2,1H3;1-2H3/b3-2-,12-6-;. The highest BCUT2D eigenvalue weighted by atomic mass is 14.1. The predicted octanol–water partition coefficient (Wildman–Crippen LogP) is 4.70. The zero-order valence-electron chi connectivity index (χ0n) is 10.7. The first-order valence-electron chi connectivity index (χ1n) is 6.25. The Morgan fingerprint density at radius 1 is 0.938 bits per heavy atom. The minimum absolute atomic E-state index is 1.07. The Morgan fingerprint density at radius 3 is 2.38 bits per heavy atom. The molecule has 1 aromatic carbocycles. The second kappa shape index (κ2) is 7.05. The molecule has 0 aromatic heterocycles. The molecule has 0 aliphatic heterocycles. The van der Waals surface area contributed by atoms with Crippen LogP contribution in [0.4, 0.5) is 0 Å². The molecule has 0 N–H and O–H groups in total. The van der Waals surface area contributed by atoms with Crippen LogP contribution in [0.15, 0.2) is 48.1 Å². The number of allylic oxidation sites excluding steroid dienone is 4. The lowest BCUT2D eigenvalue weighted by Gasteiger charge is -2.06. The Balaban J connectivity index is 0.000000606. The number of benzene rings is 1. The van der Waals surface area contributed by atoms with Gasteiger partial charge in [0.25, 0.3) is 0 Å². The highest BCUT2D eigenvalue weighted by Crippen LogP contribution is 2.16. The zero-order valence-corrected chi connectivity index (χ0v) is 10.7. The normalized spacial score (nSPS) is 19.8. The highest BCUT2D eigenvalue weighted by Gasteiger charge is 2.01. The fraction of sp³-hybridized carbons (Fsp3) is 0.375. The van der Waals surface area contributed by atoms with E-state index in [4.69, 9.17) is 0 Å². The van der Waals surface area contributed by atoms with Gasteiger partial charge >= 0.3 is 0 Å². The number of hydrogen-bond donors (Lipinski definition) is 0. The van der Waals surface area contributed by atoms with Gasteiger partial charge < -0.3 is 0 Å². The Kier molecular flexibility index (Phi) is 5.63. The van der Waals surface area contributed by atoms with Crippen LogP contribution >= 0.6 is 0 Å². The predicted molar refractivity (Wildman–Crippen MR) is 72.7 cm³/mol. The molecule has 1 aliphatic rings. The smallest absolute Gasteiger partial charge is 0.00916 e. The molecule has 0 saturated heterocycles. The summed E-state index contributed by atoms with van der Waals surface area (Å²) in [5.41, 5.74) is 4.46. The lowest BCUT2D eigenvalue weighted by atomic mass is 9.99. The lowest BCUT2D eigenvalue weighted by Crippen LogP contribution is -1.92. The van der Waals surface area contributed by atoms with E-state index in [0.717, 1.165) is 6.42 Å². The van der Waals surface area contributed by atoms with E-state index in [1.54, 1.807) is 0 Å². The Bertz CT molecular complexity index is 369. The van der Waals surface area contributed by atoms with Gasteiger partial charge in [-0.05, 0) is 37.3 Å². The summed E-state index contributed by atoms with van der Waals surface area (Å²) in [6, 6.07) is 8.76. The molecule has 0 heterocycles. The lowest BCUT2D eigenvalue weighted by molar-refractivity contribution is 0.929. The molecule has 86 valence electrons. The summed E-state index contributed by atoms with van der Waals surface area (Å²) in [7, 11) is 0. The first kappa shape index (κ1) is 12.8. The molecule has 0 spiro atoms. The van der Waals surface area contributed by atoms with Crippen LogP contribution < -0.4 is 0 Å². The summed E-state index contributed by atoms with van der Waals surface area (Å²) in [6.07, 6.45) is 10.1. The fourth-order valence-corrected chi connectivity index (χ4v) is 1.84. The van der Waals surface area contributed by atoms with Gasteiger partial charge in [0.15, 0.2) is 0 Å². The van der Waals surface area contributed by atoms with Crippen LogP contribution in [0, 0.1) is 0 Å². The maximum atomic E-state index is 2.25. The zero-order chi connectivity index (χ0) is 11.8. The van der Waals surface area contributed by atoms with E-state index in [9.17, 15) is 0 Å². The molecule has 0 bridgehead atoms. The van der Waals surface area contributed by atoms with Crippen LogP contribution in [0.1, 0.15) is 38.3 Å². The van der Waals surface area contributed by atoms with E-state index in [1.165, 1.54) is 29.5 Å². The monoisotopic (exact) mass is 214 g/mol. The third kappa shape index (κ3) is 3.69. The topological polar surface area (TPSA) is 0 Å². The number of rotatable bonds is 0. The molecular formula is C16H22. The van der Waals surface area contributed by atoms with Crippen molar-refractivity contribution in [2.75, 3.05) is 0 Å². The molecule has 1 aliphatic carbocycles. The van der Waals surface area contributed by atoms with Crippen LogP contribution in [0.3, 0.4) is 0 Å². The summed E-state index contributed by atoms with van der Waals surface area (Å²) < 4.78 is 0. The number of hydrogen-bond acceptors (Lipinski definition) is 0. The molecule has 0 heteroatoms. The molecule has 0 saturated carbocycles. The van der Waals surface area contributed by atoms with Crippen molar-refractivity contribution < 1.29 is 0 Å². The largest absolute Gasteiger partial charge is 0.0801 e. The van der Waals surface area contributed by atoms with Gasteiger partial charge in [0.1, 0.15) is 0 Å². The number of aryl methyl sites for hydroxylation is 1. The maximum absolute atomic E-state index is 2.25. The Labute approximate surface area is 99.7 Å². The molecule has 0 fully saturated rings. The molecule has 0 unspecified atom stereocenters. The maximum Gasteiger partial charge on any atom is -0.00916 e. The van der Waals surface area contributed by atoms with E-state index in [2.05, 4.69) is 49.4 Å². The van der Waals surface area contributed by atoms with Gasteiger partial charge in [0.2, 0.25) is 0 Å². The fourth-order valence-electron chi connectivity index (χ4n) is 1.84. The van der Waals surface area contributed by atoms with Crippen molar-refractivity contribution in [1.82, 2.24) is 0 Å². The second-order valence-electron chi connectivity index (χ2n) is 3.91. The van der Waals surface area contributed by atoms with Crippen LogP contribution in [0.5, 0.6) is 0 Å². The summed E-state index contributed by atoms with van der Waals surface area (Å²) in [6.45, 7) is 6.21. The summed E-state index contributed by atoms with van der Waals surface area (Å²) in [5, 5.41) is 0. The van der Waals surface area contributed by atoms with Crippen molar-refractivity contribution in [3.8, 4) is 0 Å². The highest BCUT2D eigenvalue weighted by molar-refractivity contribution is 5.31. The van der Waals surface area contributed by atoms with Gasteiger partial charge in [-0.3, -0.25) is 0 Å². The molecule has 0 amide bonds. The average molecular weight is 214 g/mol. The van der Waals surface area contributed by atoms with Crippen molar-refractivity contribution in [3.63, 3.8) is 0 Å². The number of fused-ring (bicyclic) bond motifs is 1. The van der Waals surface area contributed by atoms with Crippen molar-refractivity contribution in [2.45, 2.75) is 40.0 Å². The van der Waals surface area contributed by atoms with E-state index in [1.807, 2.05) is 13.8 Å². The first-order chi connectivity index (χ1) is 7.86. The molecule has 0 radical (unpaired) electrons. The van der Waals surface area contributed by atoms with Crippen LogP contribution in [0.2, 0.25) is 0 Å². The van der Waals surface area contributed by atoms with Crippen LogP contribution in [0.25, 0.3) is 0 Å². The Morgan fingerprint density at radius 2 is 1.62 bits per heavy atom. The summed E-state index contributed by atoms with van der Waals surface area (Å²) in [4.78, 5) is 0. The van der Waals surface area contributed by atoms with E-state index in [0.29, 0.717) is 0 Å². The Hall–Kier alpha value is -1.30. The van der Waals surface area contributed by atoms with Gasteiger partial charge in [-0.2, -0.15) is 0 Å². The van der Waals surface area contributed by atoms with Gasteiger partial charge in [-0.25, -0.2) is 0 Å². The third-order valence-corrected chi connectivity index (χ3v) is 2.76. The van der Waals surface area contributed by atoms with Gasteiger partial charge in [-0.1, -0.05) is 61.9 Å². The third-order valence-electron chi connectivity index (χ3n) is 2.76. The van der Waals surface area contributed by atoms with E-state index >= 15 is 0 Å². The molecule has 1 aromatic rings. The van der Waals surface area contributed by atoms with Crippen LogP contribution in [-0.4, -0.2) is 0 Å². The minimum atomic E-state index is 1.07. The molecular weight excluding hydrogens is 192 g/mol. The van der Waals surface area contributed by atoms with Crippen molar-refractivity contribution >= 4 is 0 Å². The first-order valence-corrected chi connectivity index (χ1v) is 6.25. The molecule has 16 heavy (non-hydrogen) atoms. The van der Waals surface area contributed by atoms with Gasteiger partial charge in [0.05, 0.1) is 0 Å². The van der Waals surface area contributed by atoms with Crippen molar-refractivity contribution in [1.29, 1.82) is 0 Å². The minimum Gasteiger partial charge on any atom is -0.0801 e.